The van der Waals surface area contributed by atoms with Gasteiger partial charge in [0.2, 0.25) is 5.95 Å². The maximum atomic E-state index is 9.13. The summed E-state index contributed by atoms with van der Waals surface area (Å²) in [6.07, 6.45) is 2.25. The summed E-state index contributed by atoms with van der Waals surface area (Å²) >= 11 is 0. The number of anilines is 1. The molecule has 0 aliphatic heterocycles. The zero-order valence-corrected chi connectivity index (χ0v) is 11.1. The first-order chi connectivity index (χ1) is 8.74. The van der Waals surface area contributed by atoms with Crippen LogP contribution in [0.15, 0.2) is 18.2 Å². The molecule has 0 aliphatic rings. The van der Waals surface area contributed by atoms with E-state index in [9.17, 15) is 0 Å². The zero-order chi connectivity index (χ0) is 13.0. The van der Waals surface area contributed by atoms with E-state index in [0.717, 1.165) is 36.4 Å². The molecule has 2 aromatic rings. The third kappa shape index (κ3) is 2.82. The predicted molar refractivity (Wildman–Crippen MR) is 75.0 cm³/mol. The number of aliphatic hydroxyl groups excluding tert-OH is 1. The van der Waals surface area contributed by atoms with E-state index in [1.54, 1.807) is 0 Å². The second-order valence-electron chi connectivity index (χ2n) is 4.65. The number of fused-ring (bicyclic) bond motifs is 1. The fourth-order valence-electron chi connectivity index (χ4n) is 2.05. The first-order valence-electron chi connectivity index (χ1n) is 6.56. The quantitative estimate of drug-likeness (QED) is 0.824. The van der Waals surface area contributed by atoms with Crippen LogP contribution in [0.4, 0.5) is 5.95 Å². The van der Waals surface area contributed by atoms with Crippen molar-refractivity contribution in [3.05, 3.63) is 23.8 Å². The van der Waals surface area contributed by atoms with Crippen LogP contribution in [0.25, 0.3) is 11.0 Å². The fraction of sp³-hybridized carbons (Fsp3) is 0.500. The summed E-state index contributed by atoms with van der Waals surface area (Å²) < 4.78 is 0. The Kier molecular flexibility index (Phi) is 4.20. The van der Waals surface area contributed by atoms with Crippen LogP contribution in [0.5, 0.6) is 0 Å². The molecule has 0 saturated carbocycles. The van der Waals surface area contributed by atoms with Crippen LogP contribution < -0.4 is 4.90 Å². The molecular formula is C14H21N3O. The van der Waals surface area contributed by atoms with Gasteiger partial charge in [-0.2, -0.15) is 0 Å². The number of aromatic nitrogens is 2. The smallest absolute Gasteiger partial charge is 0.203 e. The molecule has 0 bridgehead atoms. The minimum atomic E-state index is 0.153. The minimum absolute atomic E-state index is 0.153. The van der Waals surface area contributed by atoms with Gasteiger partial charge in [0, 0.05) is 13.1 Å². The van der Waals surface area contributed by atoms with Crippen LogP contribution in [-0.2, 0) is 0 Å². The number of hydrogen-bond acceptors (Lipinski definition) is 3. The van der Waals surface area contributed by atoms with E-state index in [1.807, 2.05) is 6.07 Å². The average molecular weight is 247 g/mol. The normalized spacial score (nSPS) is 11.1. The van der Waals surface area contributed by atoms with E-state index >= 15 is 0 Å². The molecule has 4 heteroatoms. The Labute approximate surface area is 108 Å². The molecule has 0 aliphatic carbocycles. The van der Waals surface area contributed by atoms with Crippen molar-refractivity contribution in [3.8, 4) is 0 Å². The molecule has 2 N–H and O–H groups in total. The van der Waals surface area contributed by atoms with Gasteiger partial charge in [-0.25, -0.2) is 4.98 Å². The summed E-state index contributed by atoms with van der Waals surface area (Å²) in [5.41, 5.74) is 3.26. The first kappa shape index (κ1) is 12.9. The number of H-pyrrole nitrogens is 1. The van der Waals surface area contributed by atoms with Crippen LogP contribution in [0.3, 0.4) is 0 Å². The number of rotatable bonds is 6. The molecule has 18 heavy (non-hydrogen) atoms. The molecule has 1 aromatic heterocycles. The summed E-state index contributed by atoms with van der Waals surface area (Å²) in [4.78, 5) is 10.0. The Morgan fingerprint density at radius 1 is 1.33 bits per heavy atom. The SMILES string of the molecule is CCCCN(CCO)c1nc2ccc(C)cc2[nH]1. The third-order valence-electron chi connectivity index (χ3n) is 3.08. The number of nitrogens with one attached hydrogen (secondary N) is 1. The lowest BCUT2D eigenvalue weighted by Crippen LogP contribution is -2.28. The summed E-state index contributed by atoms with van der Waals surface area (Å²) in [6.45, 7) is 5.94. The lowest BCUT2D eigenvalue weighted by Gasteiger charge is -2.20. The Balaban J connectivity index is 2.26. The zero-order valence-electron chi connectivity index (χ0n) is 11.1. The Morgan fingerprint density at radius 2 is 2.17 bits per heavy atom. The number of aromatic amines is 1. The maximum absolute atomic E-state index is 9.13. The Hall–Kier alpha value is -1.55. The molecule has 0 fully saturated rings. The van der Waals surface area contributed by atoms with Gasteiger partial charge in [-0.1, -0.05) is 19.4 Å². The summed E-state index contributed by atoms with van der Waals surface area (Å²) in [7, 11) is 0. The van der Waals surface area contributed by atoms with Crippen molar-refractivity contribution in [3.63, 3.8) is 0 Å². The van der Waals surface area contributed by atoms with Crippen LogP contribution in [0.1, 0.15) is 25.3 Å². The number of hydrogen-bond donors (Lipinski definition) is 2. The monoisotopic (exact) mass is 247 g/mol. The largest absolute Gasteiger partial charge is 0.395 e. The van der Waals surface area contributed by atoms with Crippen molar-refractivity contribution in [2.75, 3.05) is 24.6 Å². The van der Waals surface area contributed by atoms with Gasteiger partial charge >= 0.3 is 0 Å². The van der Waals surface area contributed by atoms with E-state index < -0.39 is 0 Å². The molecule has 0 unspecified atom stereocenters. The second-order valence-corrected chi connectivity index (χ2v) is 4.65. The van der Waals surface area contributed by atoms with Crippen molar-refractivity contribution >= 4 is 17.0 Å². The van der Waals surface area contributed by atoms with Gasteiger partial charge in [0.25, 0.3) is 0 Å². The van der Waals surface area contributed by atoms with Gasteiger partial charge in [0.15, 0.2) is 0 Å². The molecule has 4 nitrogen and oxygen atoms in total. The van der Waals surface area contributed by atoms with E-state index in [0.29, 0.717) is 6.54 Å². The molecule has 2 rings (SSSR count). The van der Waals surface area contributed by atoms with Gasteiger partial charge < -0.3 is 15.0 Å². The van der Waals surface area contributed by atoms with Gasteiger partial charge in [-0.15, -0.1) is 0 Å². The molecular weight excluding hydrogens is 226 g/mol. The molecule has 1 heterocycles. The number of nitrogens with zero attached hydrogens (tertiary/aromatic N) is 2. The highest BCUT2D eigenvalue weighted by Gasteiger charge is 2.10. The standard InChI is InChI=1S/C14H21N3O/c1-3-4-7-17(8-9-18)14-15-12-6-5-11(2)10-13(12)16-14/h5-6,10,18H,3-4,7-9H2,1-2H3,(H,15,16). The topological polar surface area (TPSA) is 52.1 Å². The van der Waals surface area contributed by atoms with Crippen molar-refractivity contribution in [2.45, 2.75) is 26.7 Å². The van der Waals surface area contributed by atoms with Crippen LogP contribution in [0, 0.1) is 6.92 Å². The first-order valence-corrected chi connectivity index (χ1v) is 6.56. The van der Waals surface area contributed by atoms with E-state index in [1.165, 1.54) is 5.56 Å². The highest BCUT2D eigenvalue weighted by atomic mass is 16.3. The van der Waals surface area contributed by atoms with Crippen molar-refractivity contribution in [1.82, 2.24) is 9.97 Å². The van der Waals surface area contributed by atoms with E-state index in [4.69, 9.17) is 5.11 Å². The van der Waals surface area contributed by atoms with Crippen molar-refractivity contribution in [2.24, 2.45) is 0 Å². The summed E-state index contributed by atoms with van der Waals surface area (Å²) in [5.74, 6) is 0.859. The van der Waals surface area contributed by atoms with Gasteiger partial charge in [-0.3, -0.25) is 0 Å². The molecule has 0 radical (unpaired) electrons. The van der Waals surface area contributed by atoms with Gasteiger partial charge in [0.1, 0.15) is 0 Å². The number of aryl methyl sites for hydroxylation is 1. The molecule has 0 atom stereocenters. The molecule has 0 spiro atoms. The maximum Gasteiger partial charge on any atom is 0.203 e. The highest BCUT2D eigenvalue weighted by molar-refractivity contribution is 5.78. The number of benzene rings is 1. The van der Waals surface area contributed by atoms with Gasteiger partial charge in [-0.05, 0) is 31.0 Å². The van der Waals surface area contributed by atoms with Gasteiger partial charge in [0.05, 0.1) is 17.6 Å². The summed E-state index contributed by atoms with van der Waals surface area (Å²) in [6, 6.07) is 6.19. The summed E-state index contributed by atoms with van der Waals surface area (Å²) in [5, 5.41) is 9.13. The minimum Gasteiger partial charge on any atom is -0.395 e. The lowest BCUT2D eigenvalue weighted by atomic mass is 10.2. The second kappa shape index (κ2) is 5.87. The van der Waals surface area contributed by atoms with Crippen LogP contribution >= 0.6 is 0 Å². The molecule has 98 valence electrons. The van der Waals surface area contributed by atoms with Crippen molar-refractivity contribution < 1.29 is 5.11 Å². The molecule has 0 saturated heterocycles. The highest BCUT2D eigenvalue weighted by Crippen LogP contribution is 2.18. The Morgan fingerprint density at radius 3 is 2.89 bits per heavy atom. The lowest BCUT2D eigenvalue weighted by molar-refractivity contribution is 0.301. The predicted octanol–water partition coefficient (Wildman–Crippen LogP) is 2.47. The third-order valence-corrected chi connectivity index (χ3v) is 3.08. The molecule has 0 amide bonds. The van der Waals surface area contributed by atoms with Crippen molar-refractivity contribution in [1.29, 1.82) is 0 Å². The van der Waals surface area contributed by atoms with Crippen LogP contribution in [-0.4, -0.2) is 34.8 Å². The van der Waals surface area contributed by atoms with E-state index in [2.05, 4.69) is 40.8 Å². The Bertz CT molecular complexity index is 507. The number of unbranched alkanes of at least 4 members (excludes halogenated alkanes) is 1. The fourth-order valence-corrected chi connectivity index (χ4v) is 2.05. The van der Waals surface area contributed by atoms with E-state index in [-0.39, 0.29) is 6.61 Å². The van der Waals surface area contributed by atoms with Crippen LogP contribution in [0.2, 0.25) is 0 Å². The molecule has 1 aromatic carbocycles. The number of aliphatic hydroxyl groups is 1. The average Bonchev–Trinajstić information content (AvgIpc) is 2.77. The number of imidazole rings is 1.